The summed E-state index contributed by atoms with van der Waals surface area (Å²) in [6.45, 7) is 6.23. The number of hydrogen-bond acceptors (Lipinski definition) is 5. The molecule has 4 rings (SSSR count). The van der Waals surface area contributed by atoms with E-state index in [1.54, 1.807) is 6.33 Å². The molecule has 136 valence electrons. The first kappa shape index (κ1) is 17.0. The van der Waals surface area contributed by atoms with Crippen molar-refractivity contribution in [2.45, 2.75) is 45.4 Å². The highest BCUT2D eigenvalue weighted by Gasteiger charge is 2.62. The highest BCUT2D eigenvalue weighted by molar-refractivity contribution is 5.87. The minimum Gasteiger partial charge on any atom is -0.357 e. The van der Waals surface area contributed by atoms with Crippen LogP contribution in [0.25, 0.3) is 0 Å². The van der Waals surface area contributed by atoms with Crippen molar-refractivity contribution >= 4 is 23.5 Å². The second kappa shape index (κ2) is 6.71. The first-order valence-corrected chi connectivity index (χ1v) is 9.67. The predicted octanol–water partition coefficient (Wildman–Crippen LogP) is 4.72. The van der Waals surface area contributed by atoms with Gasteiger partial charge in [0, 0.05) is 36.6 Å². The van der Waals surface area contributed by atoms with Crippen LogP contribution in [0, 0.1) is 10.8 Å². The Balaban J connectivity index is 1.58. The molecule has 1 aromatic heterocycles. The van der Waals surface area contributed by atoms with E-state index in [9.17, 15) is 0 Å². The normalized spacial score (nSPS) is 19.2. The van der Waals surface area contributed by atoms with E-state index in [-0.39, 0.29) is 0 Å². The minimum atomic E-state index is 0.632. The molecule has 2 aliphatic carbocycles. The molecule has 2 saturated carbocycles. The highest BCUT2D eigenvalue weighted by atomic mass is 15.2. The molecular weight excluding hydrogens is 322 g/mol. The van der Waals surface area contributed by atoms with Gasteiger partial charge < -0.3 is 15.6 Å². The van der Waals surface area contributed by atoms with E-state index in [0.29, 0.717) is 11.3 Å². The van der Waals surface area contributed by atoms with Gasteiger partial charge in [-0.1, -0.05) is 19.1 Å². The molecule has 0 radical (unpaired) electrons. The van der Waals surface area contributed by atoms with E-state index >= 15 is 0 Å². The van der Waals surface area contributed by atoms with Crippen molar-refractivity contribution in [3.05, 3.63) is 41.7 Å². The lowest BCUT2D eigenvalue weighted by atomic mass is 10.0. The van der Waals surface area contributed by atoms with Gasteiger partial charge in [0.25, 0.3) is 0 Å². The molecule has 1 spiro atoms. The summed E-state index contributed by atoms with van der Waals surface area (Å²) in [5.74, 6) is 2.43. The quantitative estimate of drug-likeness (QED) is 0.677. The van der Waals surface area contributed by atoms with Crippen LogP contribution in [0.2, 0.25) is 0 Å². The van der Waals surface area contributed by atoms with Gasteiger partial charge in [-0.3, -0.25) is 0 Å². The van der Waals surface area contributed by atoms with E-state index < -0.39 is 0 Å². The molecule has 5 heteroatoms. The Kier molecular flexibility index (Phi) is 4.39. The average Bonchev–Trinajstić information content (AvgIpc) is 3.59. The number of nitrogens with zero attached hydrogens (tertiary/aromatic N) is 3. The minimum absolute atomic E-state index is 0.632. The zero-order valence-corrected chi connectivity index (χ0v) is 15.6. The number of anilines is 3. The van der Waals surface area contributed by atoms with Gasteiger partial charge in [-0.05, 0) is 55.6 Å². The largest absolute Gasteiger partial charge is 0.357 e. The topological polar surface area (TPSA) is 64.9 Å². The van der Waals surface area contributed by atoms with Gasteiger partial charge in [0.05, 0.1) is 0 Å². The van der Waals surface area contributed by atoms with Crippen molar-refractivity contribution in [3.8, 4) is 0 Å². The summed E-state index contributed by atoms with van der Waals surface area (Å²) in [7, 11) is 0. The summed E-state index contributed by atoms with van der Waals surface area (Å²) in [6.07, 6.45) is 8.20. The highest BCUT2D eigenvalue weighted by Crippen LogP contribution is 2.75. The zero-order valence-electron chi connectivity index (χ0n) is 15.6. The van der Waals surface area contributed by atoms with Gasteiger partial charge >= 0.3 is 0 Å². The van der Waals surface area contributed by atoms with Gasteiger partial charge in [-0.25, -0.2) is 9.97 Å². The van der Waals surface area contributed by atoms with Crippen molar-refractivity contribution in [2.75, 3.05) is 23.3 Å². The van der Waals surface area contributed by atoms with Crippen molar-refractivity contribution in [1.29, 1.82) is 5.41 Å². The maximum atomic E-state index is 7.72. The third-order valence-electron chi connectivity index (χ3n) is 5.83. The zero-order chi connectivity index (χ0) is 18.1. The lowest BCUT2D eigenvalue weighted by molar-refractivity contribution is 0.776. The molecule has 5 nitrogen and oxygen atoms in total. The Morgan fingerprint density at radius 1 is 1.27 bits per heavy atom. The van der Waals surface area contributed by atoms with Crippen LogP contribution in [0.1, 0.15) is 56.6 Å². The van der Waals surface area contributed by atoms with Crippen molar-refractivity contribution < 1.29 is 0 Å². The van der Waals surface area contributed by atoms with Crippen LogP contribution in [-0.2, 0) is 0 Å². The van der Waals surface area contributed by atoms with Gasteiger partial charge in [0.2, 0.25) is 0 Å². The molecule has 0 bridgehead atoms. The van der Waals surface area contributed by atoms with Crippen LogP contribution in [-0.4, -0.2) is 29.3 Å². The molecule has 1 atom stereocenters. The average molecular weight is 349 g/mol. The summed E-state index contributed by atoms with van der Waals surface area (Å²) >= 11 is 0. The van der Waals surface area contributed by atoms with Crippen LogP contribution >= 0.6 is 0 Å². The van der Waals surface area contributed by atoms with Crippen molar-refractivity contribution in [2.24, 2.45) is 5.41 Å². The van der Waals surface area contributed by atoms with E-state index in [4.69, 9.17) is 5.41 Å². The number of aromatic nitrogens is 2. The Hall–Kier alpha value is -2.43. The van der Waals surface area contributed by atoms with Crippen LogP contribution in [0.3, 0.4) is 0 Å². The third-order valence-corrected chi connectivity index (χ3v) is 5.83. The second-order valence-corrected chi connectivity index (χ2v) is 7.58. The van der Waals surface area contributed by atoms with E-state index in [1.807, 2.05) is 6.07 Å². The van der Waals surface area contributed by atoms with E-state index in [0.717, 1.165) is 42.4 Å². The Labute approximate surface area is 155 Å². The SMILES string of the molecule is CCCN(CC)c1cc(Nc2cc(C3CC34CC4)ccc2C=N)ncn1. The Morgan fingerprint density at radius 3 is 2.77 bits per heavy atom. The van der Waals surface area contributed by atoms with Gasteiger partial charge in [0.15, 0.2) is 0 Å². The lowest BCUT2D eigenvalue weighted by Gasteiger charge is -2.21. The second-order valence-electron chi connectivity index (χ2n) is 7.58. The third kappa shape index (κ3) is 3.18. The molecule has 1 aromatic carbocycles. The van der Waals surface area contributed by atoms with E-state index in [1.165, 1.54) is 31.0 Å². The molecule has 0 saturated heterocycles. The van der Waals surface area contributed by atoms with Crippen molar-refractivity contribution in [1.82, 2.24) is 9.97 Å². The summed E-state index contributed by atoms with van der Waals surface area (Å²) in [4.78, 5) is 11.1. The standard InChI is InChI=1S/C21H27N5/c1-3-9-26(4-2)20-11-19(23-14-24-20)25-18-10-15(5-6-16(18)13-22)17-12-21(17)7-8-21/h5-6,10-11,13-14,17,22H,3-4,7-9,12H2,1-2H3,(H,23,24,25). The fraction of sp³-hybridized carbons (Fsp3) is 0.476. The lowest BCUT2D eigenvalue weighted by Crippen LogP contribution is -2.24. The smallest absolute Gasteiger partial charge is 0.135 e. The van der Waals surface area contributed by atoms with Gasteiger partial charge in [-0.15, -0.1) is 0 Å². The molecular formula is C21H27N5. The van der Waals surface area contributed by atoms with Crippen molar-refractivity contribution in [3.63, 3.8) is 0 Å². The fourth-order valence-corrected chi connectivity index (χ4v) is 3.99. The van der Waals surface area contributed by atoms with E-state index in [2.05, 4.69) is 52.2 Å². The molecule has 0 amide bonds. The Morgan fingerprint density at radius 2 is 2.12 bits per heavy atom. The molecule has 26 heavy (non-hydrogen) atoms. The summed E-state index contributed by atoms with van der Waals surface area (Å²) < 4.78 is 0. The first-order valence-electron chi connectivity index (χ1n) is 9.67. The van der Waals surface area contributed by atoms with Crippen LogP contribution < -0.4 is 10.2 Å². The molecule has 0 aliphatic heterocycles. The molecule has 1 heterocycles. The fourth-order valence-electron chi connectivity index (χ4n) is 3.99. The molecule has 1 unspecified atom stereocenters. The van der Waals surface area contributed by atoms with Crippen LogP contribution in [0.5, 0.6) is 0 Å². The Bertz CT molecular complexity index is 812. The number of hydrogen-bond donors (Lipinski definition) is 2. The van der Waals surface area contributed by atoms with Crippen LogP contribution in [0.4, 0.5) is 17.3 Å². The monoisotopic (exact) mass is 349 g/mol. The molecule has 2 N–H and O–H groups in total. The first-order chi connectivity index (χ1) is 12.7. The summed E-state index contributed by atoms with van der Waals surface area (Å²) in [5, 5.41) is 11.1. The van der Waals surface area contributed by atoms with Gasteiger partial charge in [0.1, 0.15) is 18.0 Å². The number of benzene rings is 1. The summed E-state index contributed by atoms with van der Waals surface area (Å²) in [5.41, 5.74) is 3.88. The summed E-state index contributed by atoms with van der Waals surface area (Å²) in [6, 6.07) is 8.45. The maximum absolute atomic E-state index is 7.72. The maximum Gasteiger partial charge on any atom is 0.135 e. The predicted molar refractivity (Wildman–Crippen MR) is 107 cm³/mol. The molecule has 2 aromatic rings. The van der Waals surface area contributed by atoms with Crippen LogP contribution in [0.15, 0.2) is 30.6 Å². The molecule has 2 aliphatic rings. The number of nitrogens with one attached hydrogen (secondary N) is 2. The van der Waals surface area contributed by atoms with Gasteiger partial charge in [-0.2, -0.15) is 0 Å². The molecule has 2 fully saturated rings. The number of rotatable bonds is 8.